The van der Waals surface area contributed by atoms with Crippen molar-refractivity contribution in [3.05, 3.63) is 87.4 Å². The average molecular weight is 392 g/mol. The molecule has 3 aromatic rings. The number of aromatic nitrogens is 1. The first kappa shape index (κ1) is 19.3. The van der Waals surface area contributed by atoms with E-state index in [1.807, 2.05) is 0 Å². The largest absolute Gasteiger partial charge is 0.330 e. The quantitative estimate of drug-likeness (QED) is 0.671. The molecule has 0 atom stereocenters. The van der Waals surface area contributed by atoms with Crippen LogP contribution < -0.4 is 5.73 Å². The first-order valence-corrected chi connectivity index (χ1v) is 11.1. The lowest BCUT2D eigenvalue weighted by molar-refractivity contribution is 0.170. The number of hydrogen-bond acceptors (Lipinski definition) is 4. The zero-order chi connectivity index (χ0) is 19.4. The molecular formula is C24H29N3S. The predicted octanol–water partition coefficient (Wildman–Crippen LogP) is 4.53. The number of hydrogen-bond donors (Lipinski definition) is 1. The molecular weight excluding hydrogens is 362 g/mol. The minimum absolute atomic E-state index is 0.0491. The summed E-state index contributed by atoms with van der Waals surface area (Å²) in [5.41, 5.74) is 11.1. The fourth-order valence-electron chi connectivity index (χ4n) is 4.36. The minimum atomic E-state index is 0.0491. The molecule has 0 unspecified atom stereocenters. The molecule has 1 aliphatic rings. The molecule has 4 rings (SSSR count). The number of benzene rings is 2. The molecule has 146 valence electrons. The molecule has 2 N–H and O–H groups in total. The molecule has 2 heterocycles. The van der Waals surface area contributed by atoms with Crippen LogP contribution in [-0.4, -0.2) is 29.5 Å². The van der Waals surface area contributed by atoms with E-state index in [-0.39, 0.29) is 5.41 Å². The number of likely N-dealkylation sites (tertiary alicyclic amines) is 1. The lowest BCUT2D eigenvalue weighted by Crippen LogP contribution is -2.43. The smallest absolute Gasteiger partial charge is 0.0897 e. The van der Waals surface area contributed by atoms with E-state index in [0.29, 0.717) is 6.54 Å². The molecule has 0 aliphatic carbocycles. The van der Waals surface area contributed by atoms with Gasteiger partial charge in [0.25, 0.3) is 0 Å². The highest BCUT2D eigenvalue weighted by molar-refractivity contribution is 7.09. The third kappa shape index (κ3) is 4.04. The van der Waals surface area contributed by atoms with Crippen LogP contribution in [0.3, 0.4) is 0 Å². The first-order valence-electron chi connectivity index (χ1n) is 10.2. The Morgan fingerprint density at radius 2 is 1.68 bits per heavy atom. The van der Waals surface area contributed by atoms with E-state index in [1.54, 1.807) is 11.3 Å². The SMILES string of the molecule is Cc1nc(C2(c3ccccc3)CCN(Cc3ccc(CCN)cc3)CC2)cs1. The molecule has 4 heteroatoms. The molecule has 0 radical (unpaired) electrons. The highest BCUT2D eigenvalue weighted by Gasteiger charge is 2.39. The van der Waals surface area contributed by atoms with Gasteiger partial charge in [0.15, 0.2) is 0 Å². The van der Waals surface area contributed by atoms with Crippen LogP contribution in [0.25, 0.3) is 0 Å². The summed E-state index contributed by atoms with van der Waals surface area (Å²) in [6.45, 7) is 6.02. The summed E-state index contributed by atoms with van der Waals surface area (Å²) in [6, 6.07) is 19.9. The molecule has 28 heavy (non-hydrogen) atoms. The Labute approximate surface area is 172 Å². The molecule has 2 aromatic carbocycles. The van der Waals surface area contributed by atoms with Gasteiger partial charge in [-0.3, -0.25) is 4.90 Å². The van der Waals surface area contributed by atoms with E-state index in [9.17, 15) is 0 Å². The van der Waals surface area contributed by atoms with Gasteiger partial charge in [-0.05, 0) is 62.5 Å². The van der Waals surface area contributed by atoms with E-state index in [1.165, 1.54) is 22.4 Å². The molecule has 0 saturated carbocycles. The van der Waals surface area contributed by atoms with Crippen molar-refractivity contribution in [3.63, 3.8) is 0 Å². The topological polar surface area (TPSA) is 42.2 Å². The Hall–Kier alpha value is -2.01. The van der Waals surface area contributed by atoms with Gasteiger partial charge < -0.3 is 5.73 Å². The summed E-state index contributed by atoms with van der Waals surface area (Å²) in [7, 11) is 0. The Kier molecular flexibility index (Phi) is 5.90. The summed E-state index contributed by atoms with van der Waals surface area (Å²) in [5.74, 6) is 0. The third-order valence-electron chi connectivity index (χ3n) is 6.01. The molecule has 0 spiro atoms. The number of aryl methyl sites for hydroxylation is 1. The summed E-state index contributed by atoms with van der Waals surface area (Å²) in [5, 5.41) is 3.43. The van der Waals surface area contributed by atoms with Crippen molar-refractivity contribution in [2.24, 2.45) is 5.73 Å². The second kappa shape index (κ2) is 8.56. The predicted molar refractivity (Wildman–Crippen MR) is 118 cm³/mol. The normalized spacial score (nSPS) is 16.9. The zero-order valence-electron chi connectivity index (χ0n) is 16.6. The Morgan fingerprint density at radius 1 is 1.00 bits per heavy atom. The van der Waals surface area contributed by atoms with Gasteiger partial charge in [-0.15, -0.1) is 11.3 Å². The second-order valence-electron chi connectivity index (χ2n) is 7.83. The Balaban J connectivity index is 1.49. The molecule has 3 nitrogen and oxygen atoms in total. The van der Waals surface area contributed by atoms with Gasteiger partial charge in [0.2, 0.25) is 0 Å². The van der Waals surface area contributed by atoms with Crippen LogP contribution in [-0.2, 0) is 18.4 Å². The van der Waals surface area contributed by atoms with Crippen molar-refractivity contribution in [3.8, 4) is 0 Å². The fourth-order valence-corrected chi connectivity index (χ4v) is 5.07. The standard InChI is InChI=1S/C24H29N3S/c1-19-26-23(18-28-19)24(22-5-3-2-4-6-22)12-15-27(16-13-24)17-21-9-7-20(8-10-21)11-14-25/h2-10,18H,11-17,25H2,1H3. The van der Waals surface area contributed by atoms with Crippen molar-refractivity contribution in [1.82, 2.24) is 9.88 Å². The summed E-state index contributed by atoms with van der Waals surface area (Å²) in [6.07, 6.45) is 3.19. The van der Waals surface area contributed by atoms with Crippen LogP contribution in [0.2, 0.25) is 0 Å². The zero-order valence-corrected chi connectivity index (χ0v) is 17.4. The van der Waals surface area contributed by atoms with Gasteiger partial charge >= 0.3 is 0 Å². The van der Waals surface area contributed by atoms with Gasteiger partial charge in [-0.2, -0.15) is 0 Å². The molecule has 1 aromatic heterocycles. The number of piperidine rings is 1. The van der Waals surface area contributed by atoms with Gasteiger partial charge in [-0.25, -0.2) is 4.98 Å². The third-order valence-corrected chi connectivity index (χ3v) is 6.78. The summed E-state index contributed by atoms with van der Waals surface area (Å²) < 4.78 is 0. The highest BCUT2D eigenvalue weighted by atomic mass is 32.1. The maximum Gasteiger partial charge on any atom is 0.0897 e. The van der Waals surface area contributed by atoms with E-state index in [4.69, 9.17) is 10.7 Å². The number of nitrogens with zero attached hydrogens (tertiary/aromatic N) is 2. The van der Waals surface area contributed by atoms with Crippen LogP contribution in [0.5, 0.6) is 0 Å². The lowest BCUT2D eigenvalue weighted by Gasteiger charge is -2.41. The first-order chi connectivity index (χ1) is 13.7. The summed E-state index contributed by atoms with van der Waals surface area (Å²) in [4.78, 5) is 7.49. The molecule has 0 amide bonds. The number of thiazole rings is 1. The van der Waals surface area contributed by atoms with Gasteiger partial charge in [0.05, 0.1) is 10.7 Å². The summed E-state index contributed by atoms with van der Waals surface area (Å²) >= 11 is 1.77. The second-order valence-corrected chi connectivity index (χ2v) is 8.89. The Bertz CT molecular complexity index is 878. The van der Waals surface area contributed by atoms with Crippen LogP contribution in [0.4, 0.5) is 0 Å². The Morgan fingerprint density at radius 3 is 2.29 bits per heavy atom. The van der Waals surface area contributed by atoms with E-state index in [2.05, 4.69) is 71.8 Å². The monoisotopic (exact) mass is 391 g/mol. The molecule has 0 bridgehead atoms. The number of nitrogens with two attached hydrogens (primary N) is 1. The highest BCUT2D eigenvalue weighted by Crippen LogP contribution is 2.42. The lowest BCUT2D eigenvalue weighted by atomic mass is 9.70. The van der Waals surface area contributed by atoms with Crippen LogP contribution in [0.1, 0.15) is 40.2 Å². The average Bonchev–Trinajstić information content (AvgIpc) is 3.18. The van der Waals surface area contributed by atoms with Gasteiger partial charge in [0, 0.05) is 17.3 Å². The number of rotatable bonds is 6. The van der Waals surface area contributed by atoms with E-state index < -0.39 is 0 Å². The van der Waals surface area contributed by atoms with Crippen LogP contribution in [0, 0.1) is 6.92 Å². The van der Waals surface area contributed by atoms with Crippen molar-refractivity contribution in [1.29, 1.82) is 0 Å². The van der Waals surface area contributed by atoms with Crippen molar-refractivity contribution < 1.29 is 0 Å². The van der Waals surface area contributed by atoms with Crippen LogP contribution in [0.15, 0.2) is 60.0 Å². The van der Waals surface area contributed by atoms with Crippen molar-refractivity contribution in [2.75, 3.05) is 19.6 Å². The maximum atomic E-state index is 5.66. The molecule has 1 fully saturated rings. The maximum absolute atomic E-state index is 5.66. The van der Waals surface area contributed by atoms with Crippen molar-refractivity contribution >= 4 is 11.3 Å². The molecule has 1 saturated heterocycles. The van der Waals surface area contributed by atoms with Crippen molar-refractivity contribution in [2.45, 2.75) is 38.1 Å². The molecule has 1 aliphatic heterocycles. The van der Waals surface area contributed by atoms with Gasteiger partial charge in [0.1, 0.15) is 0 Å². The van der Waals surface area contributed by atoms with E-state index in [0.717, 1.165) is 43.9 Å². The minimum Gasteiger partial charge on any atom is -0.330 e. The fraction of sp³-hybridized carbons (Fsp3) is 0.375. The van der Waals surface area contributed by atoms with Crippen LogP contribution >= 0.6 is 11.3 Å². The van der Waals surface area contributed by atoms with E-state index >= 15 is 0 Å². The van der Waals surface area contributed by atoms with Gasteiger partial charge in [-0.1, -0.05) is 54.6 Å².